The van der Waals surface area contributed by atoms with Crippen molar-refractivity contribution < 1.29 is 4.74 Å². The maximum atomic E-state index is 6.26. The zero-order chi connectivity index (χ0) is 21.3. The average molecular weight is 414 g/mol. The number of fused-ring (bicyclic) bond motifs is 2. The van der Waals surface area contributed by atoms with Gasteiger partial charge in [0.05, 0.1) is 6.20 Å². The van der Waals surface area contributed by atoms with Gasteiger partial charge >= 0.3 is 0 Å². The number of aromatic nitrogens is 1. The summed E-state index contributed by atoms with van der Waals surface area (Å²) < 4.78 is 5.81. The molecule has 0 unspecified atom stereocenters. The summed E-state index contributed by atoms with van der Waals surface area (Å²) >= 11 is 0. The van der Waals surface area contributed by atoms with Crippen LogP contribution in [0.25, 0.3) is 10.8 Å². The minimum atomic E-state index is 0.201. The van der Waals surface area contributed by atoms with Crippen LogP contribution < -0.4 is 16.2 Å². The van der Waals surface area contributed by atoms with E-state index in [1.807, 2.05) is 24.3 Å². The molecule has 1 saturated heterocycles. The molecule has 158 valence electrons. The first kappa shape index (κ1) is 19.4. The van der Waals surface area contributed by atoms with Gasteiger partial charge in [-0.2, -0.15) is 0 Å². The molecule has 1 aliphatic heterocycles. The first-order chi connectivity index (χ1) is 15.1. The zero-order valence-corrected chi connectivity index (χ0v) is 17.5. The molecule has 5 rings (SSSR count). The number of rotatable bonds is 3. The lowest BCUT2D eigenvalue weighted by molar-refractivity contribution is 0.157. The highest BCUT2D eigenvalue weighted by Gasteiger charge is 2.39. The SMILES string of the molecule is NC(=N/C=C(\N)Oc1cccc2cnccc12)N1CCC2(CC1)Cc1ccccc1C2. The molecule has 1 aliphatic carbocycles. The molecular weight excluding hydrogens is 386 g/mol. The van der Waals surface area contributed by atoms with Crippen molar-refractivity contribution in [2.24, 2.45) is 21.9 Å². The lowest BCUT2D eigenvalue weighted by atomic mass is 9.76. The molecule has 0 radical (unpaired) electrons. The van der Waals surface area contributed by atoms with Gasteiger partial charge in [-0.15, -0.1) is 0 Å². The van der Waals surface area contributed by atoms with Crippen LogP contribution in [0, 0.1) is 5.41 Å². The maximum absolute atomic E-state index is 6.26. The Bertz CT molecular complexity index is 1130. The molecule has 2 aromatic carbocycles. The van der Waals surface area contributed by atoms with E-state index < -0.39 is 0 Å². The van der Waals surface area contributed by atoms with E-state index in [4.69, 9.17) is 16.2 Å². The number of likely N-dealkylation sites (tertiary alicyclic amines) is 1. The minimum absolute atomic E-state index is 0.201. The monoisotopic (exact) mass is 413 g/mol. The first-order valence-corrected chi connectivity index (χ1v) is 10.7. The molecule has 4 N–H and O–H groups in total. The molecule has 2 heterocycles. The molecule has 1 spiro atoms. The van der Waals surface area contributed by atoms with Gasteiger partial charge in [-0.1, -0.05) is 36.4 Å². The quantitative estimate of drug-likeness (QED) is 0.389. The third-order valence-electron chi connectivity index (χ3n) is 6.59. The lowest BCUT2D eigenvalue weighted by Gasteiger charge is -2.39. The average Bonchev–Trinajstić information content (AvgIpc) is 3.16. The van der Waals surface area contributed by atoms with Gasteiger partial charge < -0.3 is 21.1 Å². The Hall–Kier alpha value is -3.54. The van der Waals surface area contributed by atoms with E-state index in [1.165, 1.54) is 30.2 Å². The molecule has 0 amide bonds. The van der Waals surface area contributed by atoms with Crippen LogP contribution in [0.5, 0.6) is 5.75 Å². The zero-order valence-electron chi connectivity index (χ0n) is 17.5. The summed E-state index contributed by atoms with van der Waals surface area (Å²) in [7, 11) is 0. The van der Waals surface area contributed by atoms with Crippen molar-refractivity contribution in [3.8, 4) is 5.75 Å². The largest absolute Gasteiger partial charge is 0.439 e. The normalized spacial score (nSPS) is 18.4. The summed E-state index contributed by atoms with van der Waals surface area (Å²) in [5.74, 6) is 1.36. The van der Waals surface area contributed by atoms with E-state index in [9.17, 15) is 0 Å². The van der Waals surface area contributed by atoms with Gasteiger partial charge in [0, 0.05) is 36.3 Å². The van der Waals surface area contributed by atoms with Crippen molar-refractivity contribution in [1.29, 1.82) is 0 Å². The van der Waals surface area contributed by atoms with Crippen LogP contribution in [0.15, 0.2) is 78.0 Å². The van der Waals surface area contributed by atoms with Crippen LogP contribution in [0.1, 0.15) is 24.0 Å². The molecule has 0 atom stereocenters. The van der Waals surface area contributed by atoms with E-state index in [-0.39, 0.29) is 5.88 Å². The number of ether oxygens (including phenoxy) is 1. The van der Waals surface area contributed by atoms with E-state index in [1.54, 1.807) is 12.4 Å². The van der Waals surface area contributed by atoms with Crippen molar-refractivity contribution in [1.82, 2.24) is 9.88 Å². The second-order valence-electron chi connectivity index (χ2n) is 8.58. The summed E-state index contributed by atoms with van der Waals surface area (Å²) in [6.45, 7) is 1.82. The topological polar surface area (TPSA) is 89.8 Å². The Morgan fingerprint density at radius 2 is 1.74 bits per heavy atom. The number of benzene rings is 2. The Kier molecular flexibility index (Phi) is 4.98. The fourth-order valence-corrected chi connectivity index (χ4v) is 4.88. The number of piperidine rings is 1. The molecule has 0 saturated carbocycles. The van der Waals surface area contributed by atoms with E-state index in [0.29, 0.717) is 17.1 Å². The Labute approximate surface area is 182 Å². The van der Waals surface area contributed by atoms with Gasteiger partial charge in [-0.25, -0.2) is 4.99 Å². The molecule has 6 heteroatoms. The van der Waals surface area contributed by atoms with Gasteiger partial charge in [0.1, 0.15) is 5.75 Å². The van der Waals surface area contributed by atoms with Gasteiger partial charge in [0.15, 0.2) is 5.96 Å². The Balaban J connectivity index is 1.22. The minimum Gasteiger partial charge on any atom is -0.439 e. The van der Waals surface area contributed by atoms with Crippen LogP contribution in [-0.2, 0) is 12.8 Å². The highest BCUT2D eigenvalue weighted by molar-refractivity contribution is 5.87. The summed E-state index contributed by atoms with van der Waals surface area (Å²) in [6.07, 6.45) is 9.62. The number of nitrogens with two attached hydrogens (primary N) is 2. The molecule has 1 fully saturated rings. The molecule has 1 aromatic heterocycles. The molecule has 2 aliphatic rings. The van der Waals surface area contributed by atoms with Crippen LogP contribution >= 0.6 is 0 Å². The highest BCUT2D eigenvalue weighted by Crippen LogP contribution is 2.44. The van der Waals surface area contributed by atoms with E-state index in [0.717, 1.165) is 36.7 Å². The van der Waals surface area contributed by atoms with Crippen molar-refractivity contribution in [2.75, 3.05) is 13.1 Å². The van der Waals surface area contributed by atoms with Crippen molar-refractivity contribution in [2.45, 2.75) is 25.7 Å². The van der Waals surface area contributed by atoms with Crippen LogP contribution in [0.3, 0.4) is 0 Å². The van der Waals surface area contributed by atoms with Crippen LogP contribution in [-0.4, -0.2) is 28.9 Å². The van der Waals surface area contributed by atoms with Crippen molar-refractivity contribution in [3.05, 3.63) is 84.1 Å². The Morgan fingerprint density at radius 3 is 2.48 bits per heavy atom. The second kappa shape index (κ2) is 7.95. The summed E-state index contributed by atoms with van der Waals surface area (Å²) in [5, 5.41) is 1.94. The number of guanidine groups is 1. The molecule has 6 nitrogen and oxygen atoms in total. The van der Waals surface area contributed by atoms with Gasteiger partial charge in [-0.3, -0.25) is 4.98 Å². The third-order valence-corrected chi connectivity index (χ3v) is 6.59. The van der Waals surface area contributed by atoms with Gasteiger partial charge in [0.25, 0.3) is 0 Å². The molecular formula is C25H27N5O. The highest BCUT2D eigenvalue weighted by atomic mass is 16.5. The standard InChI is InChI=1S/C25H27N5O/c26-23(31-22-7-3-6-20-16-28-11-8-21(20)22)17-29-24(27)30-12-9-25(10-13-30)14-18-4-1-2-5-19(18)15-25/h1-8,11,16-17H,9-10,12-15,26H2,(H2,27,29)/b23-17+. The smallest absolute Gasteiger partial charge is 0.209 e. The van der Waals surface area contributed by atoms with Crippen LogP contribution in [0.4, 0.5) is 0 Å². The van der Waals surface area contributed by atoms with Crippen molar-refractivity contribution in [3.63, 3.8) is 0 Å². The fraction of sp³-hybridized carbons (Fsp3) is 0.280. The number of nitrogens with zero attached hydrogens (tertiary/aromatic N) is 3. The summed E-state index contributed by atoms with van der Waals surface area (Å²) in [5.41, 5.74) is 15.7. The molecule has 0 bridgehead atoms. The van der Waals surface area contributed by atoms with E-state index in [2.05, 4.69) is 39.1 Å². The number of hydrogen-bond acceptors (Lipinski definition) is 4. The lowest BCUT2D eigenvalue weighted by Crippen LogP contribution is -2.46. The van der Waals surface area contributed by atoms with Crippen molar-refractivity contribution >= 4 is 16.7 Å². The summed E-state index contributed by atoms with van der Waals surface area (Å²) in [4.78, 5) is 10.7. The van der Waals surface area contributed by atoms with Gasteiger partial charge in [-0.05, 0) is 54.4 Å². The number of pyridine rings is 1. The third kappa shape index (κ3) is 3.93. The predicted octanol–water partition coefficient (Wildman–Crippen LogP) is 3.57. The Morgan fingerprint density at radius 1 is 1.00 bits per heavy atom. The summed E-state index contributed by atoms with van der Waals surface area (Å²) in [6, 6.07) is 16.5. The number of hydrogen-bond donors (Lipinski definition) is 2. The number of aliphatic imine (C=N–C) groups is 1. The van der Waals surface area contributed by atoms with Crippen LogP contribution in [0.2, 0.25) is 0 Å². The maximum Gasteiger partial charge on any atom is 0.209 e. The predicted molar refractivity (Wildman–Crippen MR) is 123 cm³/mol. The fourth-order valence-electron chi connectivity index (χ4n) is 4.88. The molecule has 31 heavy (non-hydrogen) atoms. The molecule has 3 aromatic rings. The van der Waals surface area contributed by atoms with E-state index >= 15 is 0 Å². The first-order valence-electron chi connectivity index (χ1n) is 10.7. The van der Waals surface area contributed by atoms with Gasteiger partial charge in [0.2, 0.25) is 5.88 Å². The second-order valence-corrected chi connectivity index (χ2v) is 8.58.